The van der Waals surface area contributed by atoms with E-state index in [0.717, 1.165) is 27.4 Å². The second-order valence-corrected chi connectivity index (χ2v) is 4.75. The number of aromatic nitrogens is 4. The maximum absolute atomic E-state index is 8.90. The predicted octanol–water partition coefficient (Wildman–Crippen LogP) is 2.27. The van der Waals surface area contributed by atoms with Gasteiger partial charge in [-0.25, -0.2) is 4.98 Å². The number of nitriles is 1. The van der Waals surface area contributed by atoms with Crippen molar-refractivity contribution in [3.05, 3.63) is 29.5 Å². The van der Waals surface area contributed by atoms with Gasteiger partial charge >= 0.3 is 0 Å². The van der Waals surface area contributed by atoms with E-state index in [2.05, 4.69) is 20.6 Å². The number of rotatable bonds is 1. The van der Waals surface area contributed by atoms with Crippen molar-refractivity contribution in [2.75, 3.05) is 0 Å². The Hall–Kier alpha value is -2.26. The molecule has 0 amide bonds. The fourth-order valence-corrected chi connectivity index (χ4v) is 2.59. The van der Waals surface area contributed by atoms with Crippen LogP contribution in [0.4, 0.5) is 0 Å². The van der Waals surface area contributed by atoms with Crippen molar-refractivity contribution in [2.45, 2.75) is 6.92 Å². The molecule has 0 bridgehead atoms. The first-order valence-corrected chi connectivity index (χ1v) is 6.14. The molecule has 5 nitrogen and oxygen atoms in total. The molecule has 0 aliphatic carbocycles. The summed E-state index contributed by atoms with van der Waals surface area (Å²) in [4.78, 5) is 5.53. The smallest absolute Gasteiger partial charge is 0.154 e. The van der Waals surface area contributed by atoms with Crippen LogP contribution in [0.2, 0.25) is 0 Å². The summed E-state index contributed by atoms with van der Waals surface area (Å²) in [5.41, 5.74) is 3.31. The third-order valence-corrected chi connectivity index (χ3v) is 3.69. The summed E-state index contributed by atoms with van der Waals surface area (Å²) >= 11 is 1.33. The Balaban J connectivity index is 2.30. The predicted molar refractivity (Wildman–Crippen MR) is 69.1 cm³/mol. The molecule has 0 spiro atoms. The molecule has 18 heavy (non-hydrogen) atoms. The quantitative estimate of drug-likeness (QED) is 0.669. The number of imidazole rings is 1. The first kappa shape index (κ1) is 10.9. The average Bonchev–Trinajstić information content (AvgIpc) is 2.93. The van der Waals surface area contributed by atoms with Crippen LogP contribution in [0, 0.1) is 18.3 Å². The standard InChI is InChI=1S/C12H9N5S/c1-7-11(18-16-15-7)12-14-9-5-8(6-13)3-4-10(9)17(12)2/h3-5H,1-2H3. The Morgan fingerprint density at radius 3 is 2.89 bits per heavy atom. The van der Waals surface area contributed by atoms with Crippen LogP contribution < -0.4 is 0 Å². The summed E-state index contributed by atoms with van der Waals surface area (Å²) < 4.78 is 5.93. The summed E-state index contributed by atoms with van der Waals surface area (Å²) in [5, 5.41) is 12.9. The van der Waals surface area contributed by atoms with E-state index in [9.17, 15) is 0 Å². The molecule has 0 atom stereocenters. The molecule has 2 aromatic heterocycles. The monoisotopic (exact) mass is 255 g/mol. The fourth-order valence-electron chi connectivity index (χ4n) is 1.91. The van der Waals surface area contributed by atoms with E-state index >= 15 is 0 Å². The topological polar surface area (TPSA) is 67.4 Å². The molecule has 2 heterocycles. The van der Waals surface area contributed by atoms with Crippen molar-refractivity contribution >= 4 is 22.6 Å². The molecule has 0 radical (unpaired) electrons. The molecular weight excluding hydrogens is 246 g/mol. The Bertz CT molecular complexity index is 777. The van der Waals surface area contributed by atoms with Crippen molar-refractivity contribution in [3.8, 4) is 16.8 Å². The number of nitrogens with zero attached hydrogens (tertiary/aromatic N) is 5. The van der Waals surface area contributed by atoms with Crippen molar-refractivity contribution in [2.24, 2.45) is 7.05 Å². The van der Waals surface area contributed by atoms with Gasteiger partial charge in [-0.05, 0) is 36.7 Å². The highest BCUT2D eigenvalue weighted by atomic mass is 32.1. The molecule has 6 heteroatoms. The maximum atomic E-state index is 8.90. The molecule has 3 aromatic rings. The lowest BCUT2D eigenvalue weighted by molar-refractivity contribution is 0.958. The summed E-state index contributed by atoms with van der Waals surface area (Å²) in [6, 6.07) is 7.62. The highest BCUT2D eigenvalue weighted by Gasteiger charge is 2.14. The van der Waals surface area contributed by atoms with Gasteiger partial charge < -0.3 is 4.57 Å². The van der Waals surface area contributed by atoms with Gasteiger partial charge in [0.25, 0.3) is 0 Å². The Labute approximate surface area is 107 Å². The van der Waals surface area contributed by atoms with E-state index in [0.29, 0.717) is 5.56 Å². The first-order valence-electron chi connectivity index (χ1n) is 5.36. The molecule has 0 aliphatic rings. The molecular formula is C12H9N5S. The second kappa shape index (κ2) is 3.89. The molecule has 3 rings (SSSR count). The van der Waals surface area contributed by atoms with E-state index in [1.165, 1.54) is 11.5 Å². The SMILES string of the molecule is Cc1nnsc1-c1nc2cc(C#N)ccc2n1C. The minimum Gasteiger partial charge on any atom is -0.326 e. The molecule has 0 aliphatic heterocycles. The number of fused-ring (bicyclic) bond motifs is 1. The number of hydrogen-bond acceptors (Lipinski definition) is 5. The van der Waals surface area contributed by atoms with Crippen molar-refractivity contribution in [1.29, 1.82) is 5.26 Å². The molecule has 0 saturated carbocycles. The van der Waals surface area contributed by atoms with Crippen LogP contribution in [0.5, 0.6) is 0 Å². The Morgan fingerprint density at radius 1 is 1.39 bits per heavy atom. The number of hydrogen-bond donors (Lipinski definition) is 0. The molecule has 0 unspecified atom stereocenters. The van der Waals surface area contributed by atoms with E-state index < -0.39 is 0 Å². The highest BCUT2D eigenvalue weighted by Crippen LogP contribution is 2.28. The van der Waals surface area contributed by atoms with Gasteiger partial charge in [0, 0.05) is 7.05 Å². The van der Waals surface area contributed by atoms with Gasteiger partial charge in [-0.15, -0.1) is 5.10 Å². The van der Waals surface area contributed by atoms with Gasteiger partial charge in [0.1, 0.15) is 4.88 Å². The molecule has 88 valence electrons. The van der Waals surface area contributed by atoms with Gasteiger partial charge in [-0.3, -0.25) is 0 Å². The third kappa shape index (κ3) is 1.49. The first-order chi connectivity index (χ1) is 8.70. The van der Waals surface area contributed by atoms with Crippen LogP contribution in [0.3, 0.4) is 0 Å². The van der Waals surface area contributed by atoms with Crippen molar-refractivity contribution in [1.82, 2.24) is 19.1 Å². The maximum Gasteiger partial charge on any atom is 0.154 e. The summed E-state index contributed by atoms with van der Waals surface area (Å²) in [6.07, 6.45) is 0. The minimum absolute atomic E-state index is 0.617. The molecule has 0 saturated heterocycles. The van der Waals surface area contributed by atoms with Crippen LogP contribution in [-0.4, -0.2) is 19.1 Å². The van der Waals surface area contributed by atoms with Crippen LogP contribution in [0.25, 0.3) is 21.7 Å². The summed E-state index contributed by atoms with van der Waals surface area (Å²) in [6.45, 7) is 1.92. The lowest BCUT2D eigenvalue weighted by Crippen LogP contribution is -1.92. The van der Waals surface area contributed by atoms with Crippen molar-refractivity contribution < 1.29 is 0 Å². The van der Waals surface area contributed by atoms with Gasteiger partial charge in [0.15, 0.2) is 5.82 Å². The normalized spacial score (nSPS) is 10.7. The molecule has 1 aromatic carbocycles. The van der Waals surface area contributed by atoms with E-state index in [4.69, 9.17) is 5.26 Å². The summed E-state index contributed by atoms with van der Waals surface area (Å²) in [5.74, 6) is 0.840. The van der Waals surface area contributed by atoms with Gasteiger partial charge in [-0.2, -0.15) is 5.26 Å². The average molecular weight is 255 g/mol. The third-order valence-electron chi connectivity index (χ3n) is 2.86. The van der Waals surface area contributed by atoms with Crippen LogP contribution in [0.15, 0.2) is 18.2 Å². The zero-order valence-electron chi connectivity index (χ0n) is 9.88. The minimum atomic E-state index is 0.617. The fraction of sp³-hybridized carbons (Fsp3) is 0.167. The molecule has 0 fully saturated rings. The van der Waals surface area contributed by atoms with Gasteiger partial charge in [0.2, 0.25) is 0 Å². The summed E-state index contributed by atoms with van der Waals surface area (Å²) in [7, 11) is 1.95. The second-order valence-electron chi connectivity index (χ2n) is 4.00. The van der Waals surface area contributed by atoms with E-state index in [1.54, 1.807) is 12.1 Å². The lowest BCUT2D eigenvalue weighted by atomic mass is 10.2. The number of aryl methyl sites for hydroxylation is 2. The van der Waals surface area contributed by atoms with Crippen LogP contribution >= 0.6 is 11.5 Å². The van der Waals surface area contributed by atoms with Crippen LogP contribution in [0.1, 0.15) is 11.3 Å². The van der Waals surface area contributed by atoms with Crippen LogP contribution in [-0.2, 0) is 7.05 Å². The number of benzene rings is 1. The van der Waals surface area contributed by atoms with Gasteiger partial charge in [0.05, 0.1) is 28.4 Å². The lowest BCUT2D eigenvalue weighted by Gasteiger charge is -1.99. The van der Waals surface area contributed by atoms with E-state index in [1.807, 2.05) is 24.6 Å². The Morgan fingerprint density at radius 2 is 2.22 bits per heavy atom. The zero-order valence-corrected chi connectivity index (χ0v) is 10.7. The zero-order chi connectivity index (χ0) is 12.7. The van der Waals surface area contributed by atoms with E-state index in [-0.39, 0.29) is 0 Å². The van der Waals surface area contributed by atoms with Gasteiger partial charge in [-0.1, -0.05) is 4.49 Å². The largest absolute Gasteiger partial charge is 0.326 e. The highest BCUT2D eigenvalue weighted by molar-refractivity contribution is 7.09. The van der Waals surface area contributed by atoms with Crippen molar-refractivity contribution in [3.63, 3.8) is 0 Å². The molecule has 0 N–H and O–H groups in total. The Kier molecular flexibility index (Phi) is 2.35.